The van der Waals surface area contributed by atoms with Crippen LogP contribution in [0.3, 0.4) is 0 Å². The second kappa shape index (κ2) is 6.96. The van der Waals surface area contributed by atoms with Crippen molar-refractivity contribution in [1.29, 1.82) is 0 Å². The van der Waals surface area contributed by atoms with E-state index < -0.39 is 0 Å². The highest BCUT2D eigenvalue weighted by molar-refractivity contribution is 9.09. The normalized spacial score (nSPS) is 11.0. The van der Waals surface area contributed by atoms with Crippen LogP contribution in [-0.2, 0) is 6.42 Å². The summed E-state index contributed by atoms with van der Waals surface area (Å²) >= 11 is 3.41. The summed E-state index contributed by atoms with van der Waals surface area (Å²) in [6.45, 7) is 0. The van der Waals surface area contributed by atoms with E-state index in [0.717, 1.165) is 41.2 Å². The van der Waals surface area contributed by atoms with Gasteiger partial charge < -0.3 is 5.11 Å². The second-order valence-corrected chi connectivity index (χ2v) is 6.18. The maximum Gasteiger partial charge on any atom is 0.256 e. The highest BCUT2D eigenvalue weighted by atomic mass is 79.9. The van der Waals surface area contributed by atoms with Gasteiger partial charge in [0.1, 0.15) is 11.4 Å². The number of pyridine rings is 2. The molecular formula is C18H17BrN2O2. The Morgan fingerprint density at radius 2 is 2.00 bits per heavy atom. The monoisotopic (exact) mass is 372 g/mol. The number of hydrogen-bond donors (Lipinski definition) is 1. The Bertz CT molecular complexity index is 890. The van der Waals surface area contributed by atoms with Gasteiger partial charge in [0.2, 0.25) is 0 Å². The van der Waals surface area contributed by atoms with E-state index in [9.17, 15) is 9.90 Å². The maximum atomic E-state index is 12.3. The smallest absolute Gasteiger partial charge is 0.256 e. The summed E-state index contributed by atoms with van der Waals surface area (Å²) in [5.74, 6) is 0.268. The van der Waals surface area contributed by atoms with Crippen LogP contribution < -0.4 is 5.56 Å². The van der Waals surface area contributed by atoms with Gasteiger partial charge in [-0.2, -0.15) is 0 Å². The molecular weight excluding hydrogens is 356 g/mol. The van der Waals surface area contributed by atoms with Crippen LogP contribution in [0, 0.1) is 0 Å². The van der Waals surface area contributed by atoms with Crippen LogP contribution in [0.25, 0.3) is 16.7 Å². The number of phenols is 1. The molecule has 0 atom stereocenters. The highest BCUT2D eigenvalue weighted by Gasteiger charge is 2.09. The van der Waals surface area contributed by atoms with E-state index in [1.807, 2.05) is 18.2 Å². The van der Waals surface area contributed by atoms with Crippen molar-refractivity contribution >= 4 is 27.0 Å². The fourth-order valence-corrected chi connectivity index (χ4v) is 3.03. The summed E-state index contributed by atoms with van der Waals surface area (Å²) in [6.07, 6.45) is 4.47. The molecule has 2 heterocycles. The molecule has 3 aromatic rings. The number of unbranched alkanes of at least 4 members (excludes halogenated alkanes) is 1. The molecule has 1 aromatic carbocycles. The lowest BCUT2D eigenvalue weighted by molar-refractivity contribution is 0.467. The predicted molar refractivity (Wildman–Crippen MR) is 95.7 cm³/mol. The van der Waals surface area contributed by atoms with E-state index in [2.05, 4.69) is 20.9 Å². The molecule has 0 fully saturated rings. The molecule has 0 unspecified atom stereocenters. The summed E-state index contributed by atoms with van der Waals surface area (Å²) in [7, 11) is 0. The van der Waals surface area contributed by atoms with E-state index >= 15 is 0 Å². The van der Waals surface area contributed by atoms with E-state index in [1.54, 1.807) is 35.0 Å². The molecule has 0 radical (unpaired) electrons. The van der Waals surface area contributed by atoms with Gasteiger partial charge in [0.05, 0.1) is 5.69 Å². The Hall–Kier alpha value is -2.14. The van der Waals surface area contributed by atoms with Gasteiger partial charge in [-0.3, -0.25) is 9.36 Å². The molecule has 0 bridgehead atoms. The molecule has 0 saturated heterocycles. The number of aromatic hydroxyl groups is 1. The van der Waals surface area contributed by atoms with Crippen molar-refractivity contribution < 1.29 is 5.11 Å². The zero-order chi connectivity index (χ0) is 16.2. The standard InChI is InChI=1S/C18H17BrN2O2/c19-10-2-1-4-14-12-15(7-8-16(14)22)21-17(23)9-6-13-5-3-11-20-18(13)21/h3,5-9,11-12,22H,1-2,4,10H2. The van der Waals surface area contributed by atoms with Crippen molar-refractivity contribution in [1.82, 2.24) is 9.55 Å². The Kier molecular flexibility index (Phi) is 4.76. The molecule has 23 heavy (non-hydrogen) atoms. The number of benzene rings is 1. The summed E-state index contributed by atoms with van der Waals surface area (Å²) in [4.78, 5) is 16.7. The summed E-state index contributed by atoms with van der Waals surface area (Å²) in [5.41, 5.74) is 2.07. The summed E-state index contributed by atoms with van der Waals surface area (Å²) in [5, 5.41) is 11.9. The number of fused-ring (bicyclic) bond motifs is 1. The minimum absolute atomic E-state index is 0.131. The third-order valence-electron chi connectivity index (χ3n) is 3.81. The van der Waals surface area contributed by atoms with Crippen LogP contribution >= 0.6 is 15.9 Å². The minimum Gasteiger partial charge on any atom is -0.508 e. The quantitative estimate of drug-likeness (QED) is 0.547. The first-order chi connectivity index (χ1) is 11.2. The molecule has 0 aliphatic carbocycles. The fourth-order valence-electron chi connectivity index (χ4n) is 2.64. The summed E-state index contributed by atoms with van der Waals surface area (Å²) < 4.78 is 1.59. The molecule has 4 nitrogen and oxygen atoms in total. The van der Waals surface area contributed by atoms with Gasteiger partial charge in [0, 0.05) is 23.0 Å². The van der Waals surface area contributed by atoms with Crippen molar-refractivity contribution in [2.24, 2.45) is 0 Å². The van der Waals surface area contributed by atoms with Crippen LogP contribution in [0.15, 0.2) is 53.5 Å². The largest absolute Gasteiger partial charge is 0.508 e. The molecule has 0 spiro atoms. The average molecular weight is 373 g/mol. The lowest BCUT2D eigenvalue weighted by Crippen LogP contribution is -2.18. The minimum atomic E-state index is -0.131. The topological polar surface area (TPSA) is 55.1 Å². The Labute approximate surface area is 142 Å². The van der Waals surface area contributed by atoms with E-state index in [-0.39, 0.29) is 11.3 Å². The van der Waals surface area contributed by atoms with E-state index in [0.29, 0.717) is 5.65 Å². The maximum absolute atomic E-state index is 12.3. The molecule has 5 heteroatoms. The Balaban J connectivity index is 2.10. The number of rotatable bonds is 5. The average Bonchev–Trinajstić information content (AvgIpc) is 2.57. The molecule has 2 aromatic heterocycles. The summed E-state index contributed by atoms with van der Waals surface area (Å²) in [6, 6.07) is 12.4. The van der Waals surface area contributed by atoms with Crippen molar-refractivity contribution in [3.63, 3.8) is 0 Å². The van der Waals surface area contributed by atoms with Crippen molar-refractivity contribution in [3.8, 4) is 11.4 Å². The molecule has 118 valence electrons. The second-order valence-electron chi connectivity index (χ2n) is 5.38. The first-order valence-electron chi connectivity index (χ1n) is 7.56. The van der Waals surface area contributed by atoms with Gasteiger partial charge in [-0.05, 0) is 61.2 Å². The van der Waals surface area contributed by atoms with Crippen LogP contribution in [-0.4, -0.2) is 20.0 Å². The van der Waals surface area contributed by atoms with Gasteiger partial charge in [-0.1, -0.05) is 15.9 Å². The number of phenolic OH excluding ortho intramolecular Hbond substituents is 1. The molecule has 0 amide bonds. The zero-order valence-corrected chi connectivity index (χ0v) is 14.2. The lowest BCUT2D eigenvalue weighted by atomic mass is 10.1. The van der Waals surface area contributed by atoms with Gasteiger partial charge in [-0.25, -0.2) is 4.98 Å². The van der Waals surface area contributed by atoms with Gasteiger partial charge in [0.15, 0.2) is 0 Å². The first-order valence-corrected chi connectivity index (χ1v) is 8.68. The van der Waals surface area contributed by atoms with E-state index in [4.69, 9.17) is 0 Å². The number of hydrogen-bond acceptors (Lipinski definition) is 3. The van der Waals surface area contributed by atoms with Crippen molar-refractivity contribution in [2.75, 3.05) is 5.33 Å². The Morgan fingerprint density at radius 3 is 2.83 bits per heavy atom. The molecule has 0 aliphatic rings. The SMILES string of the molecule is O=c1ccc2cccnc2n1-c1ccc(O)c(CCCCBr)c1. The van der Waals surface area contributed by atoms with Crippen molar-refractivity contribution in [2.45, 2.75) is 19.3 Å². The fraction of sp³-hybridized carbons (Fsp3) is 0.222. The van der Waals surface area contributed by atoms with Crippen LogP contribution in [0.2, 0.25) is 0 Å². The number of aryl methyl sites for hydroxylation is 1. The number of alkyl halides is 1. The molecule has 3 rings (SSSR count). The van der Waals surface area contributed by atoms with Crippen LogP contribution in [0.4, 0.5) is 0 Å². The third-order valence-corrected chi connectivity index (χ3v) is 4.37. The van der Waals surface area contributed by atoms with Crippen molar-refractivity contribution in [3.05, 3.63) is 64.6 Å². The molecule has 0 aliphatic heterocycles. The molecule has 1 N–H and O–H groups in total. The highest BCUT2D eigenvalue weighted by Crippen LogP contribution is 2.23. The van der Waals surface area contributed by atoms with Gasteiger partial charge in [-0.15, -0.1) is 0 Å². The zero-order valence-electron chi connectivity index (χ0n) is 12.6. The number of nitrogens with zero attached hydrogens (tertiary/aromatic N) is 2. The first kappa shape index (κ1) is 15.7. The van der Waals surface area contributed by atoms with Crippen LogP contribution in [0.5, 0.6) is 5.75 Å². The van der Waals surface area contributed by atoms with Crippen LogP contribution in [0.1, 0.15) is 18.4 Å². The third kappa shape index (κ3) is 3.29. The number of aromatic nitrogens is 2. The van der Waals surface area contributed by atoms with E-state index in [1.165, 1.54) is 0 Å². The van der Waals surface area contributed by atoms with Gasteiger partial charge in [0.25, 0.3) is 5.56 Å². The predicted octanol–water partition coefficient (Wildman–Crippen LogP) is 3.81. The lowest BCUT2D eigenvalue weighted by Gasteiger charge is -2.12. The Morgan fingerprint density at radius 1 is 1.13 bits per heavy atom. The molecule has 0 saturated carbocycles. The number of halogens is 1. The van der Waals surface area contributed by atoms with Gasteiger partial charge >= 0.3 is 0 Å².